The number of carboxylic acid groups (broad SMARTS) is 1. The SMILES string of the molecule is O=C1CCC(C(=O)O)(c2ccc(Cl)cc2Cl)CC1. The maximum Gasteiger partial charge on any atom is 0.314 e. The van der Waals surface area contributed by atoms with E-state index in [4.69, 9.17) is 23.2 Å². The van der Waals surface area contributed by atoms with Gasteiger partial charge in [0.1, 0.15) is 5.78 Å². The highest BCUT2D eigenvalue weighted by molar-refractivity contribution is 6.35. The molecule has 1 aliphatic rings. The zero-order valence-electron chi connectivity index (χ0n) is 9.58. The smallest absolute Gasteiger partial charge is 0.314 e. The van der Waals surface area contributed by atoms with Gasteiger partial charge in [0.15, 0.2) is 0 Å². The molecule has 0 heterocycles. The van der Waals surface area contributed by atoms with E-state index in [0.29, 0.717) is 28.5 Å². The van der Waals surface area contributed by atoms with Gasteiger partial charge >= 0.3 is 5.97 Å². The van der Waals surface area contributed by atoms with E-state index in [1.165, 1.54) is 0 Å². The summed E-state index contributed by atoms with van der Waals surface area (Å²) in [6.07, 6.45) is 1.15. The van der Waals surface area contributed by atoms with Crippen LogP contribution in [0.15, 0.2) is 18.2 Å². The van der Waals surface area contributed by atoms with Crippen LogP contribution in [0.4, 0.5) is 0 Å². The highest BCUT2D eigenvalue weighted by Gasteiger charge is 2.44. The first kappa shape index (κ1) is 13.4. The molecule has 0 atom stereocenters. The molecule has 1 N–H and O–H groups in total. The molecule has 1 saturated carbocycles. The molecular weight excluding hydrogens is 275 g/mol. The van der Waals surface area contributed by atoms with Gasteiger partial charge in [0.05, 0.1) is 5.41 Å². The van der Waals surface area contributed by atoms with Crippen molar-refractivity contribution >= 4 is 35.0 Å². The number of rotatable bonds is 2. The van der Waals surface area contributed by atoms with E-state index >= 15 is 0 Å². The van der Waals surface area contributed by atoms with Crippen molar-refractivity contribution in [3.05, 3.63) is 33.8 Å². The van der Waals surface area contributed by atoms with Crippen molar-refractivity contribution in [3.63, 3.8) is 0 Å². The summed E-state index contributed by atoms with van der Waals surface area (Å²) in [6, 6.07) is 4.82. The third-order valence-corrected chi connectivity index (χ3v) is 4.07. The molecular formula is C13H12Cl2O3. The summed E-state index contributed by atoms with van der Waals surface area (Å²) in [5.74, 6) is -0.823. The van der Waals surface area contributed by atoms with E-state index in [9.17, 15) is 14.7 Å². The number of ketones is 1. The molecule has 2 rings (SSSR count). The summed E-state index contributed by atoms with van der Waals surface area (Å²) in [6.45, 7) is 0. The first-order valence-corrected chi connectivity index (χ1v) is 6.42. The second-order valence-corrected chi connectivity index (χ2v) is 5.39. The van der Waals surface area contributed by atoms with Crippen LogP contribution in [-0.2, 0) is 15.0 Å². The van der Waals surface area contributed by atoms with Crippen LogP contribution in [0, 0.1) is 0 Å². The zero-order chi connectivity index (χ0) is 13.3. The Labute approximate surface area is 115 Å². The quantitative estimate of drug-likeness (QED) is 0.906. The predicted molar refractivity (Wildman–Crippen MR) is 69.3 cm³/mol. The van der Waals surface area contributed by atoms with Crippen molar-refractivity contribution in [2.75, 3.05) is 0 Å². The monoisotopic (exact) mass is 286 g/mol. The number of carboxylic acids is 1. The van der Waals surface area contributed by atoms with Crippen LogP contribution >= 0.6 is 23.2 Å². The Kier molecular flexibility index (Phi) is 3.64. The lowest BCUT2D eigenvalue weighted by atomic mass is 9.69. The second-order valence-electron chi connectivity index (χ2n) is 4.55. The van der Waals surface area contributed by atoms with Gasteiger partial charge in [-0.2, -0.15) is 0 Å². The van der Waals surface area contributed by atoms with Crippen LogP contribution in [0.1, 0.15) is 31.2 Å². The summed E-state index contributed by atoms with van der Waals surface area (Å²) >= 11 is 11.9. The molecule has 96 valence electrons. The van der Waals surface area contributed by atoms with Crippen LogP contribution in [0.5, 0.6) is 0 Å². The largest absolute Gasteiger partial charge is 0.481 e. The lowest BCUT2D eigenvalue weighted by Crippen LogP contribution is -2.40. The minimum Gasteiger partial charge on any atom is -0.481 e. The summed E-state index contributed by atoms with van der Waals surface area (Å²) in [4.78, 5) is 22.9. The first-order chi connectivity index (χ1) is 8.45. The van der Waals surface area contributed by atoms with E-state index in [1.54, 1.807) is 18.2 Å². The van der Waals surface area contributed by atoms with E-state index in [0.717, 1.165) is 0 Å². The number of hydrogen-bond acceptors (Lipinski definition) is 2. The molecule has 0 spiro atoms. The highest BCUT2D eigenvalue weighted by atomic mass is 35.5. The maximum absolute atomic E-state index is 11.6. The van der Waals surface area contributed by atoms with Crippen molar-refractivity contribution in [2.45, 2.75) is 31.1 Å². The average molecular weight is 287 g/mol. The molecule has 0 aliphatic heterocycles. The molecule has 1 fully saturated rings. The normalized spacial score (nSPS) is 18.7. The molecule has 5 heteroatoms. The Hall–Kier alpha value is -1.06. The van der Waals surface area contributed by atoms with E-state index in [-0.39, 0.29) is 18.6 Å². The van der Waals surface area contributed by atoms with E-state index in [1.807, 2.05) is 0 Å². The fourth-order valence-electron chi connectivity index (χ4n) is 2.43. The third kappa shape index (κ3) is 2.25. The van der Waals surface area contributed by atoms with Crippen LogP contribution < -0.4 is 0 Å². The molecule has 1 aliphatic carbocycles. The van der Waals surface area contributed by atoms with Gasteiger partial charge in [-0.3, -0.25) is 9.59 Å². The van der Waals surface area contributed by atoms with Crippen LogP contribution in [0.2, 0.25) is 10.0 Å². The van der Waals surface area contributed by atoms with Gasteiger partial charge in [-0.1, -0.05) is 29.3 Å². The van der Waals surface area contributed by atoms with Crippen LogP contribution in [-0.4, -0.2) is 16.9 Å². The molecule has 0 unspecified atom stereocenters. The third-order valence-electron chi connectivity index (χ3n) is 3.52. The topological polar surface area (TPSA) is 54.4 Å². The van der Waals surface area contributed by atoms with Crippen molar-refractivity contribution in [1.82, 2.24) is 0 Å². The lowest BCUT2D eigenvalue weighted by Gasteiger charge is -2.33. The maximum atomic E-state index is 11.6. The molecule has 0 saturated heterocycles. The summed E-state index contributed by atoms with van der Waals surface area (Å²) in [5.41, 5.74) is -0.510. The molecule has 0 aromatic heterocycles. The number of Topliss-reactive ketones (excluding diaryl/α,β-unsaturated/α-hetero) is 1. The molecule has 0 bridgehead atoms. The number of aliphatic carboxylic acids is 1. The van der Waals surface area contributed by atoms with Gasteiger partial charge in [-0.05, 0) is 30.5 Å². The minimum absolute atomic E-state index is 0.108. The second kappa shape index (κ2) is 4.90. The minimum atomic E-state index is -1.06. The molecule has 1 aromatic rings. The number of hydrogen-bond donors (Lipinski definition) is 1. The Bertz CT molecular complexity index is 501. The molecule has 0 amide bonds. The molecule has 1 aromatic carbocycles. The fourth-order valence-corrected chi connectivity index (χ4v) is 3.02. The average Bonchev–Trinajstić information content (AvgIpc) is 2.30. The van der Waals surface area contributed by atoms with E-state index < -0.39 is 11.4 Å². The number of carbonyl (C=O) groups excluding carboxylic acids is 1. The van der Waals surface area contributed by atoms with Gasteiger partial charge in [0.2, 0.25) is 0 Å². The summed E-state index contributed by atoms with van der Waals surface area (Å²) < 4.78 is 0. The molecule has 0 radical (unpaired) electrons. The van der Waals surface area contributed by atoms with Gasteiger partial charge in [-0.25, -0.2) is 0 Å². The predicted octanol–water partition coefficient (Wildman–Crippen LogP) is 3.46. The van der Waals surface area contributed by atoms with Crippen molar-refractivity contribution in [1.29, 1.82) is 0 Å². The van der Waals surface area contributed by atoms with Gasteiger partial charge in [0.25, 0.3) is 0 Å². The Morgan fingerprint density at radius 1 is 1.22 bits per heavy atom. The standard InChI is InChI=1S/C13H12Cl2O3/c14-8-1-2-10(11(15)7-8)13(12(17)18)5-3-9(16)4-6-13/h1-2,7H,3-6H2,(H,17,18). The van der Waals surface area contributed by atoms with Crippen molar-refractivity contribution in [3.8, 4) is 0 Å². The first-order valence-electron chi connectivity index (χ1n) is 5.66. The summed E-state index contributed by atoms with van der Waals surface area (Å²) in [7, 11) is 0. The fraction of sp³-hybridized carbons (Fsp3) is 0.385. The Balaban J connectivity index is 2.48. The Morgan fingerprint density at radius 3 is 2.33 bits per heavy atom. The van der Waals surface area contributed by atoms with Crippen LogP contribution in [0.25, 0.3) is 0 Å². The van der Waals surface area contributed by atoms with Crippen molar-refractivity contribution in [2.24, 2.45) is 0 Å². The highest BCUT2D eigenvalue weighted by Crippen LogP contribution is 2.42. The lowest BCUT2D eigenvalue weighted by molar-refractivity contribution is -0.146. The number of halogens is 2. The van der Waals surface area contributed by atoms with Crippen LogP contribution in [0.3, 0.4) is 0 Å². The zero-order valence-corrected chi connectivity index (χ0v) is 11.1. The Morgan fingerprint density at radius 2 is 1.83 bits per heavy atom. The number of carbonyl (C=O) groups is 2. The van der Waals surface area contributed by atoms with Crippen molar-refractivity contribution < 1.29 is 14.7 Å². The van der Waals surface area contributed by atoms with E-state index in [2.05, 4.69) is 0 Å². The van der Waals surface area contributed by atoms with Gasteiger partial charge in [-0.15, -0.1) is 0 Å². The summed E-state index contributed by atoms with van der Waals surface area (Å²) in [5, 5.41) is 10.3. The van der Waals surface area contributed by atoms with Gasteiger partial charge < -0.3 is 5.11 Å². The van der Waals surface area contributed by atoms with Gasteiger partial charge in [0, 0.05) is 22.9 Å². The molecule has 3 nitrogen and oxygen atoms in total. The number of benzene rings is 1. The molecule has 18 heavy (non-hydrogen) atoms.